The fourth-order valence-electron chi connectivity index (χ4n) is 2.48. The first-order valence-electron chi connectivity index (χ1n) is 7.64. The number of nitrogens with zero attached hydrogens (tertiary/aromatic N) is 2. The average Bonchev–Trinajstić information content (AvgIpc) is 2.88. The van der Waals surface area contributed by atoms with Gasteiger partial charge in [-0.25, -0.2) is 0 Å². The van der Waals surface area contributed by atoms with Gasteiger partial charge < -0.3 is 14.6 Å². The summed E-state index contributed by atoms with van der Waals surface area (Å²) in [5, 5.41) is 8.87. The molecular formula is C18H21N3O2. The second-order valence-corrected chi connectivity index (χ2v) is 5.30. The maximum absolute atomic E-state index is 12.8. The molecule has 0 fully saturated rings. The number of nitrogens with one attached hydrogen (secondary N) is 1. The fourth-order valence-corrected chi connectivity index (χ4v) is 2.48. The van der Waals surface area contributed by atoms with Crippen molar-refractivity contribution in [3.63, 3.8) is 0 Å². The topological polar surface area (TPSA) is 69.1 Å². The zero-order chi connectivity index (χ0) is 16.8. The van der Waals surface area contributed by atoms with Crippen LogP contribution in [0.15, 0.2) is 30.3 Å². The summed E-state index contributed by atoms with van der Waals surface area (Å²) in [5.74, 6) is 0.630. The average molecular weight is 311 g/mol. The third kappa shape index (κ3) is 3.92. The van der Waals surface area contributed by atoms with Gasteiger partial charge in [0.05, 0.1) is 19.1 Å². The van der Waals surface area contributed by atoms with Gasteiger partial charge in [0.2, 0.25) is 0 Å². The number of aromatic nitrogens is 1. The van der Waals surface area contributed by atoms with Crippen molar-refractivity contribution in [3.8, 4) is 11.8 Å². The van der Waals surface area contributed by atoms with E-state index < -0.39 is 0 Å². The first-order valence-corrected chi connectivity index (χ1v) is 7.64. The molecular weight excluding hydrogens is 290 g/mol. The van der Waals surface area contributed by atoms with Crippen LogP contribution in [-0.4, -0.2) is 24.0 Å². The normalized spacial score (nSPS) is 10.2. The molecule has 23 heavy (non-hydrogen) atoms. The number of ether oxygens (including phenoxy) is 1. The second-order valence-electron chi connectivity index (χ2n) is 5.30. The Labute approximate surface area is 136 Å². The Bertz CT molecular complexity index is 711. The van der Waals surface area contributed by atoms with Gasteiger partial charge in [-0.15, -0.1) is 0 Å². The maximum atomic E-state index is 12.8. The van der Waals surface area contributed by atoms with Gasteiger partial charge in [0.1, 0.15) is 11.4 Å². The van der Waals surface area contributed by atoms with Gasteiger partial charge >= 0.3 is 0 Å². The fraction of sp³-hybridized carbons (Fsp3) is 0.333. The standard InChI is InChI=1S/C18H21N3O2/c1-4-23-16-8-6-15(7-9-16)21(11-5-10-19)18(22)17-13(2)12-14(3)20-17/h6-9,12,20H,4-5,11H2,1-3H3. The highest BCUT2D eigenvalue weighted by atomic mass is 16.5. The summed E-state index contributed by atoms with van der Waals surface area (Å²) in [6, 6.07) is 11.4. The maximum Gasteiger partial charge on any atom is 0.274 e. The van der Waals surface area contributed by atoms with Crippen LogP contribution in [0.25, 0.3) is 0 Å². The van der Waals surface area contributed by atoms with Gasteiger partial charge in [-0.3, -0.25) is 4.79 Å². The minimum absolute atomic E-state index is 0.130. The van der Waals surface area contributed by atoms with E-state index in [1.165, 1.54) is 0 Å². The molecule has 0 unspecified atom stereocenters. The number of carbonyl (C=O) groups is 1. The molecule has 1 N–H and O–H groups in total. The summed E-state index contributed by atoms with van der Waals surface area (Å²) in [6.07, 6.45) is 0.275. The first kappa shape index (κ1) is 16.6. The zero-order valence-corrected chi connectivity index (χ0v) is 13.7. The lowest BCUT2D eigenvalue weighted by Crippen LogP contribution is -2.32. The molecule has 5 nitrogen and oxygen atoms in total. The van der Waals surface area contributed by atoms with E-state index in [1.54, 1.807) is 4.90 Å². The van der Waals surface area contributed by atoms with Gasteiger partial charge in [0.25, 0.3) is 5.91 Å². The van der Waals surface area contributed by atoms with E-state index in [0.29, 0.717) is 18.8 Å². The van der Waals surface area contributed by atoms with Crippen LogP contribution >= 0.6 is 0 Å². The highest BCUT2D eigenvalue weighted by Gasteiger charge is 2.20. The van der Waals surface area contributed by atoms with Crippen LogP contribution in [-0.2, 0) is 0 Å². The zero-order valence-electron chi connectivity index (χ0n) is 13.7. The number of aromatic amines is 1. The Kier molecular flexibility index (Phi) is 5.42. The number of amides is 1. The first-order chi connectivity index (χ1) is 11.1. The molecule has 2 rings (SSSR count). The Morgan fingerprint density at radius 3 is 2.52 bits per heavy atom. The van der Waals surface area contributed by atoms with Crippen LogP contribution < -0.4 is 9.64 Å². The van der Waals surface area contributed by atoms with Crippen LogP contribution in [0.1, 0.15) is 35.1 Å². The molecule has 0 saturated carbocycles. The number of rotatable bonds is 6. The monoisotopic (exact) mass is 311 g/mol. The summed E-state index contributed by atoms with van der Waals surface area (Å²) >= 11 is 0. The Morgan fingerprint density at radius 2 is 2.00 bits per heavy atom. The van der Waals surface area contributed by atoms with Gasteiger partial charge in [-0.2, -0.15) is 5.26 Å². The van der Waals surface area contributed by atoms with Crippen molar-refractivity contribution in [3.05, 3.63) is 47.3 Å². The number of nitriles is 1. The predicted octanol–water partition coefficient (Wildman–Crippen LogP) is 3.59. The Hall–Kier alpha value is -2.74. The summed E-state index contributed by atoms with van der Waals surface area (Å²) in [5.41, 5.74) is 3.16. The number of carbonyl (C=O) groups excluding carboxylic acids is 1. The highest BCUT2D eigenvalue weighted by Crippen LogP contribution is 2.22. The lowest BCUT2D eigenvalue weighted by molar-refractivity contribution is 0.0982. The highest BCUT2D eigenvalue weighted by molar-refractivity contribution is 6.05. The number of benzene rings is 1. The summed E-state index contributed by atoms with van der Waals surface area (Å²) in [4.78, 5) is 17.6. The second kappa shape index (κ2) is 7.50. The van der Waals surface area contributed by atoms with Crippen LogP contribution in [0.3, 0.4) is 0 Å². The lowest BCUT2D eigenvalue weighted by atomic mass is 10.2. The van der Waals surface area contributed by atoms with Crippen molar-refractivity contribution in [2.75, 3.05) is 18.1 Å². The van der Waals surface area contributed by atoms with E-state index in [2.05, 4.69) is 11.1 Å². The minimum Gasteiger partial charge on any atom is -0.494 e. The van der Waals surface area contributed by atoms with E-state index in [1.807, 2.05) is 51.1 Å². The third-order valence-corrected chi connectivity index (χ3v) is 3.52. The number of hydrogen-bond donors (Lipinski definition) is 1. The molecule has 1 aromatic carbocycles. The minimum atomic E-state index is -0.130. The summed E-state index contributed by atoms with van der Waals surface area (Å²) < 4.78 is 5.43. The van der Waals surface area contributed by atoms with E-state index in [4.69, 9.17) is 10.00 Å². The van der Waals surface area contributed by atoms with Crippen molar-refractivity contribution >= 4 is 11.6 Å². The SMILES string of the molecule is CCOc1ccc(N(CCC#N)C(=O)c2[nH]c(C)cc2C)cc1. The van der Waals surface area contributed by atoms with Crippen LogP contribution in [0.5, 0.6) is 5.75 Å². The quantitative estimate of drug-likeness (QED) is 0.886. The molecule has 120 valence electrons. The molecule has 0 spiro atoms. The van der Waals surface area contributed by atoms with E-state index in [0.717, 1.165) is 22.7 Å². The van der Waals surface area contributed by atoms with E-state index >= 15 is 0 Å². The molecule has 0 aliphatic rings. The van der Waals surface area contributed by atoms with Crippen LogP contribution in [0.2, 0.25) is 0 Å². The molecule has 1 amide bonds. The predicted molar refractivity (Wildman–Crippen MR) is 89.8 cm³/mol. The van der Waals surface area contributed by atoms with Crippen LogP contribution in [0, 0.1) is 25.2 Å². The smallest absolute Gasteiger partial charge is 0.274 e. The summed E-state index contributed by atoms with van der Waals surface area (Å²) in [7, 11) is 0. The molecule has 0 aliphatic heterocycles. The molecule has 1 heterocycles. The number of anilines is 1. The van der Waals surface area contributed by atoms with Crippen molar-refractivity contribution in [2.45, 2.75) is 27.2 Å². The molecule has 0 bridgehead atoms. The number of H-pyrrole nitrogens is 1. The van der Waals surface area contributed by atoms with E-state index in [9.17, 15) is 4.79 Å². The van der Waals surface area contributed by atoms with Crippen molar-refractivity contribution in [2.24, 2.45) is 0 Å². The Morgan fingerprint density at radius 1 is 1.30 bits per heavy atom. The van der Waals surface area contributed by atoms with Gasteiger partial charge in [0.15, 0.2) is 0 Å². The lowest BCUT2D eigenvalue weighted by Gasteiger charge is -2.22. The molecule has 0 saturated heterocycles. The van der Waals surface area contributed by atoms with Gasteiger partial charge in [-0.05, 0) is 56.7 Å². The molecule has 2 aromatic rings. The molecule has 0 radical (unpaired) electrons. The van der Waals surface area contributed by atoms with Crippen molar-refractivity contribution in [1.82, 2.24) is 4.98 Å². The molecule has 5 heteroatoms. The van der Waals surface area contributed by atoms with Crippen molar-refractivity contribution < 1.29 is 9.53 Å². The number of hydrogen-bond acceptors (Lipinski definition) is 3. The van der Waals surface area contributed by atoms with E-state index in [-0.39, 0.29) is 12.3 Å². The van der Waals surface area contributed by atoms with Crippen LogP contribution in [0.4, 0.5) is 5.69 Å². The van der Waals surface area contributed by atoms with Gasteiger partial charge in [-0.1, -0.05) is 0 Å². The number of aryl methyl sites for hydroxylation is 2. The van der Waals surface area contributed by atoms with Gasteiger partial charge in [0, 0.05) is 17.9 Å². The third-order valence-electron chi connectivity index (χ3n) is 3.52. The Balaban J connectivity index is 2.31. The molecule has 1 aromatic heterocycles. The molecule has 0 aliphatic carbocycles. The molecule has 0 atom stereocenters. The summed E-state index contributed by atoms with van der Waals surface area (Å²) in [6.45, 7) is 6.68. The van der Waals surface area contributed by atoms with Crippen molar-refractivity contribution in [1.29, 1.82) is 5.26 Å². The largest absolute Gasteiger partial charge is 0.494 e.